The zero-order valence-electron chi connectivity index (χ0n) is 27.2. The van der Waals surface area contributed by atoms with Gasteiger partial charge in [0.25, 0.3) is 5.56 Å². The van der Waals surface area contributed by atoms with E-state index in [2.05, 4.69) is 4.99 Å². The van der Waals surface area contributed by atoms with Crippen LogP contribution in [0, 0.1) is 0 Å². The molecular formula is C36H37ClN2O7S. The molecule has 0 unspecified atom stereocenters. The Morgan fingerprint density at radius 2 is 1.79 bits per heavy atom. The molecule has 0 amide bonds. The highest BCUT2D eigenvalue weighted by molar-refractivity contribution is 7.07. The van der Waals surface area contributed by atoms with Crippen LogP contribution in [0.1, 0.15) is 57.4 Å². The molecule has 0 N–H and O–H groups in total. The largest absolute Gasteiger partial charge is 0.493 e. The van der Waals surface area contributed by atoms with Crippen LogP contribution < -0.4 is 33.8 Å². The minimum absolute atomic E-state index is 0.0727. The summed E-state index contributed by atoms with van der Waals surface area (Å²) in [4.78, 5) is 32.6. The van der Waals surface area contributed by atoms with Crippen LogP contribution in [0.5, 0.6) is 23.0 Å². The molecule has 47 heavy (non-hydrogen) atoms. The first-order valence-electron chi connectivity index (χ1n) is 15.3. The molecule has 4 aromatic rings. The van der Waals surface area contributed by atoms with E-state index in [4.69, 9.17) is 35.3 Å². The molecule has 246 valence electrons. The SMILES string of the molecule is CCOC(=O)C1=C(C)N=c2s/c(=C/c3ccc(OCc4cccc(Cl)c4)c(OCC)c3)c(=O)n2[C@H]1c1ccc(OC(C)C)c(OC)c1. The van der Waals surface area contributed by atoms with Crippen LogP contribution in [0.15, 0.2) is 81.7 Å². The summed E-state index contributed by atoms with van der Waals surface area (Å²) in [7, 11) is 1.55. The number of benzene rings is 3. The third kappa shape index (κ3) is 7.55. The smallest absolute Gasteiger partial charge is 0.338 e. The molecule has 0 saturated heterocycles. The fraction of sp³-hybridized carbons (Fsp3) is 0.306. The molecule has 0 saturated carbocycles. The number of methoxy groups -OCH3 is 1. The first-order valence-corrected chi connectivity index (χ1v) is 16.5. The van der Waals surface area contributed by atoms with Crippen molar-refractivity contribution in [2.45, 2.75) is 53.4 Å². The zero-order valence-corrected chi connectivity index (χ0v) is 28.7. The lowest BCUT2D eigenvalue weighted by Gasteiger charge is -2.25. The van der Waals surface area contributed by atoms with E-state index in [-0.39, 0.29) is 23.8 Å². The highest BCUT2D eigenvalue weighted by Crippen LogP contribution is 2.37. The van der Waals surface area contributed by atoms with E-state index < -0.39 is 12.0 Å². The van der Waals surface area contributed by atoms with Gasteiger partial charge in [0, 0.05) is 5.02 Å². The van der Waals surface area contributed by atoms with E-state index in [0.717, 1.165) is 11.1 Å². The van der Waals surface area contributed by atoms with Gasteiger partial charge in [-0.15, -0.1) is 0 Å². The van der Waals surface area contributed by atoms with Crippen LogP contribution in [0.25, 0.3) is 6.08 Å². The number of fused-ring (bicyclic) bond motifs is 1. The summed E-state index contributed by atoms with van der Waals surface area (Å²) in [6.07, 6.45) is 1.71. The number of aromatic nitrogens is 1. The van der Waals surface area contributed by atoms with E-state index in [1.807, 2.05) is 69.3 Å². The monoisotopic (exact) mass is 676 g/mol. The summed E-state index contributed by atoms with van der Waals surface area (Å²) in [5.41, 5.74) is 2.78. The summed E-state index contributed by atoms with van der Waals surface area (Å²) < 4.78 is 30.9. The molecule has 0 radical (unpaired) electrons. The number of allylic oxidation sites excluding steroid dienone is 1. The summed E-state index contributed by atoms with van der Waals surface area (Å²) in [6, 6.07) is 17.6. The van der Waals surface area contributed by atoms with Crippen LogP contribution in [0.3, 0.4) is 0 Å². The number of thiazole rings is 1. The maximum Gasteiger partial charge on any atom is 0.338 e. The number of hydrogen-bond acceptors (Lipinski definition) is 9. The van der Waals surface area contributed by atoms with E-state index in [1.165, 1.54) is 11.3 Å². The maximum absolute atomic E-state index is 14.2. The number of carbonyl (C=O) groups excluding carboxylic acids is 1. The third-order valence-electron chi connectivity index (χ3n) is 7.23. The van der Waals surface area contributed by atoms with Gasteiger partial charge in [0.05, 0.1) is 48.3 Å². The minimum Gasteiger partial charge on any atom is -0.493 e. The molecule has 1 atom stereocenters. The predicted molar refractivity (Wildman–Crippen MR) is 183 cm³/mol. The number of hydrogen-bond donors (Lipinski definition) is 0. The Bertz CT molecular complexity index is 2000. The van der Waals surface area contributed by atoms with Gasteiger partial charge in [-0.1, -0.05) is 47.2 Å². The van der Waals surface area contributed by atoms with Gasteiger partial charge in [-0.05, 0) is 93.8 Å². The van der Waals surface area contributed by atoms with Crippen LogP contribution in [-0.4, -0.2) is 37.0 Å². The molecule has 9 nitrogen and oxygen atoms in total. The average molecular weight is 677 g/mol. The Hall–Kier alpha value is -4.54. The fourth-order valence-corrected chi connectivity index (χ4v) is 6.51. The van der Waals surface area contributed by atoms with Crippen molar-refractivity contribution in [1.82, 2.24) is 4.57 Å². The van der Waals surface area contributed by atoms with Gasteiger partial charge in [-0.3, -0.25) is 9.36 Å². The van der Waals surface area contributed by atoms with Gasteiger partial charge in [-0.25, -0.2) is 9.79 Å². The van der Waals surface area contributed by atoms with Crippen LogP contribution in [0.4, 0.5) is 0 Å². The number of carbonyl (C=O) groups is 1. The predicted octanol–water partition coefficient (Wildman–Crippen LogP) is 6.23. The molecule has 0 aliphatic carbocycles. The number of rotatable bonds is 12. The molecule has 1 aromatic heterocycles. The number of nitrogens with zero attached hydrogens (tertiary/aromatic N) is 2. The molecule has 2 heterocycles. The van der Waals surface area contributed by atoms with E-state index >= 15 is 0 Å². The highest BCUT2D eigenvalue weighted by Gasteiger charge is 2.34. The second-order valence-corrected chi connectivity index (χ2v) is 12.4. The molecule has 0 fully saturated rings. The van der Waals surface area contributed by atoms with Crippen LogP contribution >= 0.6 is 22.9 Å². The third-order valence-corrected chi connectivity index (χ3v) is 8.45. The van der Waals surface area contributed by atoms with Crippen LogP contribution in [-0.2, 0) is 16.1 Å². The Morgan fingerprint density at radius 3 is 2.49 bits per heavy atom. The van der Waals surface area contributed by atoms with Crippen molar-refractivity contribution in [1.29, 1.82) is 0 Å². The Balaban J connectivity index is 1.58. The first kappa shape index (κ1) is 33.8. The second kappa shape index (κ2) is 14.9. The summed E-state index contributed by atoms with van der Waals surface area (Å²) in [5, 5.41) is 0.635. The molecule has 11 heteroatoms. The van der Waals surface area contributed by atoms with Gasteiger partial charge in [0.1, 0.15) is 6.61 Å². The first-order chi connectivity index (χ1) is 22.6. The molecular weight excluding hydrogens is 640 g/mol. The normalized spacial score (nSPS) is 14.5. The van der Waals surface area contributed by atoms with Gasteiger partial charge in [-0.2, -0.15) is 0 Å². The van der Waals surface area contributed by atoms with Gasteiger partial charge >= 0.3 is 5.97 Å². The van der Waals surface area contributed by atoms with Crippen molar-refractivity contribution in [2.24, 2.45) is 4.99 Å². The topological polar surface area (TPSA) is 97.6 Å². The van der Waals surface area contributed by atoms with Crippen LogP contribution in [0.2, 0.25) is 5.02 Å². The van der Waals surface area contributed by atoms with E-state index in [9.17, 15) is 9.59 Å². The van der Waals surface area contributed by atoms with Crippen molar-refractivity contribution in [3.05, 3.63) is 113 Å². The quantitative estimate of drug-likeness (QED) is 0.164. The van der Waals surface area contributed by atoms with E-state index in [0.29, 0.717) is 61.8 Å². The molecule has 3 aromatic carbocycles. The number of halogens is 1. The fourth-order valence-electron chi connectivity index (χ4n) is 5.25. The lowest BCUT2D eigenvalue weighted by molar-refractivity contribution is -0.139. The molecule has 1 aliphatic rings. The van der Waals surface area contributed by atoms with Crippen molar-refractivity contribution in [3.63, 3.8) is 0 Å². The average Bonchev–Trinajstić information content (AvgIpc) is 3.33. The molecule has 1 aliphatic heterocycles. The van der Waals surface area contributed by atoms with Crippen molar-refractivity contribution in [3.8, 4) is 23.0 Å². The van der Waals surface area contributed by atoms with Crippen molar-refractivity contribution in [2.75, 3.05) is 20.3 Å². The Morgan fingerprint density at radius 1 is 1.00 bits per heavy atom. The number of ether oxygens (including phenoxy) is 5. The molecule has 0 spiro atoms. The Labute approximate surface area is 282 Å². The van der Waals surface area contributed by atoms with Gasteiger partial charge < -0.3 is 23.7 Å². The summed E-state index contributed by atoms with van der Waals surface area (Å²) in [5.74, 6) is 1.62. The highest BCUT2D eigenvalue weighted by atomic mass is 35.5. The minimum atomic E-state index is -0.796. The lowest BCUT2D eigenvalue weighted by atomic mass is 9.95. The van der Waals surface area contributed by atoms with E-state index in [1.54, 1.807) is 43.7 Å². The molecule has 5 rings (SSSR count). The maximum atomic E-state index is 14.2. The lowest BCUT2D eigenvalue weighted by Crippen LogP contribution is -2.40. The summed E-state index contributed by atoms with van der Waals surface area (Å²) >= 11 is 7.37. The van der Waals surface area contributed by atoms with Crippen molar-refractivity contribution < 1.29 is 28.5 Å². The van der Waals surface area contributed by atoms with Gasteiger partial charge in [0.15, 0.2) is 27.8 Å². The molecule has 0 bridgehead atoms. The second-order valence-electron chi connectivity index (χ2n) is 10.9. The van der Waals surface area contributed by atoms with Crippen molar-refractivity contribution >= 4 is 35.0 Å². The zero-order chi connectivity index (χ0) is 33.7. The van der Waals surface area contributed by atoms with Gasteiger partial charge in [0.2, 0.25) is 0 Å². The Kier molecular flexibility index (Phi) is 10.7. The number of esters is 1. The summed E-state index contributed by atoms with van der Waals surface area (Å²) in [6.45, 7) is 10.2. The standard InChI is InChI=1S/C36H37ClN2O7S/c1-7-43-30-17-23(12-14-27(30)45-20-24-10-9-11-26(37)16-24)18-31-34(40)39-33(25-13-15-28(46-21(3)4)29(19-25)42-6)32(35(41)44-8-2)22(5)38-36(39)47-31/h9-19,21,33H,7-8,20H2,1-6H3/b31-18+/t33-/m0/s1.